The van der Waals surface area contributed by atoms with E-state index in [9.17, 15) is 5.26 Å². The van der Waals surface area contributed by atoms with Crippen LogP contribution in [0.4, 0.5) is 0 Å². The van der Waals surface area contributed by atoms with Crippen LogP contribution in [0.5, 0.6) is 0 Å². The molecule has 0 fully saturated rings. The molecule has 3 nitrogen and oxygen atoms in total. The van der Waals surface area contributed by atoms with Gasteiger partial charge in [-0.1, -0.05) is 115 Å². The maximum Gasteiger partial charge on any atom is 0.101 e. The number of aromatic nitrogens is 2. The molecule has 0 aliphatic carbocycles. The summed E-state index contributed by atoms with van der Waals surface area (Å²) in [5.41, 5.74) is 11.6. The zero-order chi connectivity index (χ0) is 30.6. The van der Waals surface area contributed by atoms with E-state index in [1.807, 2.05) is 12.1 Å². The number of hydrogen-bond acceptors (Lipinski definition) is 1. The van der Waals surface area contributed by atoms with E-state index in [0.717, 1.165) is 44.7 Å². The Morgan fingerprint density at radius 1 is 0.391 bits per heavy atom. The van der Waals surface area contributed by atoms with Crippen molar-refractivity contribution in [2.24, 2.45) is 0 Å². The van der Waals surface area contributed by atoms with E-state index in [2.05, 4.69) is 167 Å². The maximum atomic E-state index is 10.4. The third kappa shape index (κ3) is 3.91. The highest BCUT2D eigenvalue weighted by molar-refractivity contribution is 6.11. The first-order chi connectivity index (χ1) is 22.8. The number of para-hydroxylation sites is 5. The molecule has 0 bridgehead atoms. The van der Waals surface area contributed by atoms with Crippen LogP contribution in [0.25, 0.3) is 77.2 Å². The summed E-state index contributed by atoms with van der Waals surface area (Å²) >= 11 is 0. The number of hydrogen-bond donors (Lipinski definition) is 0. The molecule has 0 atom stereocenters. The van der Waals surface area contributed by atoms with Crippen LogP contribution >= 0.6 is 0 Å². The van der Waals surface area contributed by atoms with Crippen molar-refractivity contribution in [1.29, 1.82) is 5.26 Å². The summed E-state index contributed by atoms with van der Waals surface area (Å²) in [5, 5.41) is 15.2. The minimum atomic E-state index is 0.642. The lowest BCUT2D eigenvalue weighted by Crippen LogP contribution is -2.00. The monoisotopic (exact) mass is 585 g/mol. The topological polar surface area (TPSA) is 33.6 Å². The molecule has 7 aromatic carbocycles. The molecule has 46 heavy (non-hydrogen) atoms. The highest BCUT2D eigenvalue weighted by atomic mass is 15.0. The molecule has 0 aliphatic heterocycles. The average molecular weight is 586 g/mol. The Kier molecular flexibility index (Phi) is 5.88. The molecule has 0 radical (unpaired) electrons. The molecule has 214 valence electrons. The smallest absolute Gasteiger partial charge is 0.101 e. The van der Waals surface area contributed by atoms with Crippen LogP contribution in [0.2, 0.25) is 0 Å². The van der Waals surface area contributed by atoms with E-state index < -0.39 is 0 Å². The van der Waals surface area contributed by atoms with Crippen molar-refractivity contribution in [3.8, 4) is 39.7 Å². The number of nitriles is 1. The zero-order valence-corrected chi connectivity index (χ0v) is 24.9. The molecule has 3 heteroatoms. The first-order valence-corrected chi connectivity index (χ1v) is 15.5. The standard InChI is InChI=1S/C43H27N3/c44-28-32-14-11-20-34(43(32)46-40-22-8-5-17-35(40)36-18-6-9-23-41(36)46)31-13-10-12-29(26-31)30-24-25-38-37-19-4-7-21-39(37)45(42(38)27-30)33-15-2-1-3-16-33/h1-27H. The molecule has 0 N–H and O–H groups in total. The van der Waals surface area contributed by atoms with Crippen LogP contribution in [0.1, 0.15) is 5.56 Å². The minimum absolute atomic E-state index is 0.642. The Bertz CT molecular complexity index is 2600. The normalized spacial score (nSPS) is 11.5. The van der Waals surface area contributed by atoms with E-state index in [1.165, 1.54) is 32.6 Å². The molecule has 9 aromatic rings. The van der Waals surface area contributed by atoms with E-state index in [4.69, 9.17) is 0 Å². The molecule has 2 aromatic heterocycles. The fourth-order valence-corrected chi connectivity index (χ4v) is 7.14. The van der Waals surface area contributed by atoms with E-state index >= 15 is 0 Å². The molecule has 0 saturated heterocycles. The highest BCUT2D eigenvalue weighted by Gasteiger charge is 2.19. The van der Waals surface area contributed by atoms with Gasteiger partial charge in [-0.2, -0.15) is 5.26 Å². The summed E-state index contributed by atoms with van der Waals surface area (Å²) < 4.78 is 4.62. The van der Waals surface area contributed by atoms with Crippen molar-refractivity contribution >= 4 is 43.6 Å². The van der Waals surface area contributed by atoms with Gasteiger partial charge >= 0.3 is 0 Å². The summed E-state index contributed by atoms with van der Waals surface area (Å²) in [4.78, 5) is 0. The lowest BCUT2D eigenvalue weighted by molar-refractivity contribution is 1.17. The zero-order valence-electron chi connectivity index (χ0n) is 24.9. The Hall–Kier alpha value is -6.37. The van der Waals surface area contributed by atoms with Gasteiger partial charge in [0.25, 0.3) is 0 Å². The van der Waals surface area contributed by atoms with Crippen LogP contribution < -0.4 is 0 Å². The molecule has 2 heterocycles. The third-order valence-corrected chi connectivity index (χ3v) is 9.16. The quantitative estimate of drug-likeness (QED) is 0.202. The van der Waals surface area contributed by atoms with Crippen molar-refractivity contribution in [3.05, 3.63) is 169 Å². The fourth-order valence-electron chi connectivity index (χ4n) is 7.14. The summed E-state index contributed by atoms with van der Waals surface area (Å²) in [6, 6.07) is 60.1. The molecule has 9 rings (SSSR count). The van der Waals surface area contributed by atoms with Gasteiger partial charge in [0, 0.05) is 32.8 Å². The van der Waals surface area contributed by atoms with Gasteiger partial charge in [0.05, 0.1) is 33.3 Å². The minimum Gasteiger partial charge on any atom is -0.309 e. The lowest BCUT2D eigenvalue weighted by Gasteiger charge is -2.16. The molecule has 0 aliphatic rings. The maximum absolute atomic E-state index is 10.4. The van der Waals surface area contributed by atoms with Crippen molar-refractivity contribution < 1.29 is 0 Å². The van der Waals surface area contributed by atoms with Crippen LogP contribution in [0.15, 0.2) is 164 Å². The first kappa shape index (κ1) is 26.1. The lowest BCUT2D eigenvalue weighted by atomic mass is 9.95. The van der Waals surface area contributed by atoms with Gasteiger partial charge in [0.15, 0.2) is 0 Å². The van der Waals surface area contributed by atoms with Crippen LogP contribution in [0.3, 0.4) is 0 Å². The Labute approximate surface area is 266 Å². The number of nitrogens with zero attached hydrogens (tertiary/aromatic N) is 3. The summed E-state index contributed by atoms with van der Waals surface area (Å²) in [6.07, 6.45) is 0. The SMILES string of the molecule is N#Cc1cccc(-c2cccc(-c3ccc4c5ccccc5n(-c5ccccc5)c4c3)c2)c1-n1c2ccccc2c2ccccc21. The van der Waals surface area contributed by atoms with Gasteiger partial charge < -0.3 is 9.13 Å². The molecular formula is C43H27N3. The molecule has 0 saturated carbocycles. The summed E-state index contributed by atoms with van der Waals surface area (Å²) in [7, 11) is 0. The number of rotatable bonds is 4. The van der Waals surface area contributed by atoms with Gasteiger partial charge in [-0.25, -0.2) is 0 Å². The summed E-state index contributed by atoms with van der Waals surface area (Å²) in [5.74, 6) is 0. The second-order valence-corrected chi connectivity index (χ2v) is 11.7. The Morgan fingerprint density at radius 3 is 1.61 bits per heavy atom. The highest BCUT2D eigenvalue weighted by Crippen LogP contribution is 2.40. The van der Waals surface area contributed by atoms with E-state index in [0.29, 0.717) is 5.56 Å². The first-order valence-electron chi connectivity index (χ1n) is 15.5. The number of benzene rings is 7. The van der Waals surface area contributed by atoms with Crippen molar-refractivity contribution in [3.63, 3.8) is 0 Å². The van der Waals surface area contributed by atoms with Gasteiger partial charge in [-0.05, 0) is 65.2 Å². The van der Waals surface area contributed by atoms with Gasteiger partial charge in [0.2, 0.25) is 0 Å². The predicted octanol–water partition coefficient (Wildman–Crippen LogP) is 11.1. The summed E-state index contributed by atoms with van der Waals surface area (Å²) in [6.45, 7) is 0. The fraction of sp³-hybridized carbons (Fsp3) is 0. The van der Waals surface area contributed by atoms with E-state index in [-0.39, 0.29) is 0 Å². The molecule has 0 amide bonds. The van der Waals surface area contributed by atoms with Crippen molar-refractivity contribution in [1.82, 2.24) is 9.13 Å². The Balaban J connectivity index is 1.26. The second-order valence-electron chi connectivity index (χ2n) is 11.7. The van der Waals surface area contributed by atoms with Gasteiger partial charge in [-0.15, -0.1) is 0 Å². The second kappa shape index (κ2) is 10.4. The van der Waals surface area contributed by atoms with E-state index in [1.54, 1.807) is 0 Å². The average Bonchev–Trinajstić information content (AvgIpc) is 3.64. The largest absolute Gasteiger partial charge is 0.309 e. The third-order valence-electron chi connectivity index (χ3n) is 9.16. The van der Waals surface area contributed by atoms with Crippen molar-refractivity contribution in [2.75, 3.05) is 0 Å². The molecule has 0 spiro atoms. The van der Waals surface area contributed by atoms with Gasteiger partial charge in [-0.3, -0.25) is 0 Å². The van der Waals surface area contributed by atoms with Gasteiger partial charge in [0.1, 0.15) is 6.07 Å². The van der Waals surface area contributed by atoms with Crippen LogP contribution in [0, 0.1) is 11.3 Å². The number of fused-ring (bicyclic) bond motifs is 6. The van der Waals surface area contributed by atoms with Crippen LogP contribution in [-0.2, 0) is 0 Å². The predicted molar refractivity (Wildman–Crippen MR) is 191 cm³/mol. The Morgan fingerprint density at radius 2 is 0.935 bits per heavy atom. The molecular weight excluding hydrogens is 558 g/mol. The van der Waals surface area contributed by atoms with Crippen LogP contribution in [-0.4, -0.2) is 9.13 Å². The molecule has 0 unspecified atom stereocenters. The van der Waals surface area contributed by atoms with Crippen molar-refractivity contribution in [2.45, 2.75) is 0 Å².